The van der Waals surface area contributed by atoms with E-state index in [1.54, 1.807) is 0 Å². The third kappa shape index (κ3) is 4.04. The summed E-state index contributed by atoms with van der Waals surface area (Å²) in [5.41, 5.74) is 6.50. The monoisotopic (exact) mass is 326 g/mol. The summed E-state index contributed by atoms with van der Waals surface area (Å²) in [6.45, 7) is 10.1. The van der Waals surface area contributed by atoms with Gasteiger partial charge in [-0.2, -0.15) is 0 Å². The highest BCUT2D eigenvalue weighted by molar-refractivity contribution is 5.85. The first kappa shape index (κ1) is 18.2. The maximum atomic E-state index is 11.3. The fourth-order valence-corrected chi connectivity index (χ4v) is 3.14. The number of carbonyl (C=O) groups is 1. The third-order valence-corrected chi connectivity index (χ3v) is 4.17. The summed E-state index contributed by atoms with van der Waals surface area (Å²) < 4.78 is 11.1. The molecule has 0 aromatic heterocycles. The first-order valence-corrected chi connectivity index (χ1v) is 8.51. The molecule has 3 nitrogen and oxygen atoms in total. The summed E-state index contributed by atoms with van der Waals surface area (Å²) in [5, 5.41) is 0. The fraction of sp³-hybridized carbons (Fsp3) is 0.381. The molecule has 0 unspecified atom stereocenters. The average molecular weight is 326 g/mol. The van der Waals surface area contributed by atoms with Crippen molar-refractivity contribution >= 4 is 6.29 Å². The molecule has 0 heterocycles. The van der Waals surface area contributed by atoms with Gasteiger partial charge >= 0.3 is 0 Å². The van der Waals surface area contributed by atoms with E-state index < -0.39 is 0 Å². The van der Waals surface area contributed by atoms with Crippen molar-refractivity contribution in [2.45, 2.75) is 34.1 Å². The molecular formula is C21H26O3. The van der Waals surface area contributed by atoms with Crippen LogP contribution in [0.5, 0.6) is 5.75 Å². The van der Waals surface area contributed by atoms with Crippen LogP contribution in [0.25, 0.3) is 11.1 Å². The first-order valence-electron chi connectivity index (χ1n) is 8.51. The predicted octanol–water partition coefficient (Wildman–Crippen LogP) is 4.76. The van der Waals surface area contributed by atoms with Crippen LogP contribution in [0.2, 0.25) is 0 Å². The van der Waals surface area contributed by atoms with E-state index in [0.717, 1.165) is 46.3 Å². The van der Waals surface area contributed by atoms with Crippen molar-refractivity contribution in [1.29, 1.82) is 0 Å². The second-order valence-corrected chi connectivity index (χ2v) is 5.82. The van der Waals surface area contributed by atoms with E-state index in [-0.39, 0.29) is 0 Å². The minimum absolute atomic E-state index is 0.549. The maximum absolute atomic E-state index is 11.3. The average Bonchev–Trinajstić information content (AvgIpc) is 2.58. The van der Waals surface area contributed by atoms with E-state index in [1.165, 1.54) is 5.56 Å². The molecule has 2 rings (SSSR count). The second kappa shape index (κ2) is 8.65. The molecule has 0 bridgehead atoms. The summed E-state index contributed by atoms with van der Waals surface area (Å²) in [7, 11) is 0. The zero-order valence-electron chi connectivity index (χ0n) is 15.0. The zero-order valence-corrected chi connectivity index (χ0v) is 15.0. The Morgan fingerprint density at radius 2 is 1.75 bits per heavy atom. The van der Waals surface area contributed by atoms with Crippen LogP contribution in [0.15, 0.2) is 30.3 Å². The molecule has 2 aromatic rings. The molecular weight excluding hydrogens is 300 g/mol. The van der Waals surface area contributed by atoms with Gasteiger partial charge in [0, 0.05) is 12.2 Å². The van der Waals surface area contributed by atoms with Crippen molar-refractivity contribution in [3.05, 3.63) is 52.6 Å². The summed E-state index contributed by atoms with van der Waals surface area (Å²) in [4.78, 5) is 11.3. The molecule has 0 atom stereocenters. The van der Waals surface area contributed by atoms with Gasteiger partial charge in [0.1, 0.15) is 18.6 Å². The number of rotatable bonds is 8. The van der Waals surface area contributed by atoms with Crippen LogP contribution < -0.4 is 4.74 Å². The SMILES string of the molecule is CCOCCOc1cc(C)c(-c2cccc(C=O)c2CC)c(C)c1. The van der Waals surface area contributed by atoms with Crippen LogP contribution >= 0.6 is 0 Å². The van der Waals surface area contributed by atoms with E-state index in [4.69, 9.17) is 9.47 Å². The van der Waals surface area contributed by atoms with Crippen molar-refractivity contribution < 1.29 is 14.3 Å². The second-order valence-electron chi connectivity index (χ2n) is 5.82. The fourth-order valence-electron chi connectivity index (χ4n) is 3.14. The van der Waals surface area contributed by atoms with Gasteiger partial charge in [0.15, 0.2) is 0 Å². The van der Waals surface area contributed by atoms with Gasteiger partial charge in [-0.05, 0) is 67.1 Å². The Labute approximate surface area is 144 Å². The minimum atomic E-state index is 0.549. The highest BCUT2D eigenvalue weighted by atomic mass is 16.5. The molecule has 0 saturated carbocycles. The Morgan fingerprint density at radius 1 is 1.04 bits per heavy atom. The Balaban J connectivity index is 2.37. The van der Waals surface area contributed by atoms with Gasteiger partial charge in [-0.3, -0.25) is 4.79 Å². The van der Waals surface area contributed by atoms with Gasteiger partial charge < -0.3 is 9.47 Å². The lowest BCUT2D eigenvalue weighted by atomic mass is 9.89. The van der Waals surface area contributed by atoms with Crippen molar-refractivity contribution in [3.63, 3.8) is 0 Å². The van der Waals surface area contributed by atoms with Gasteiger partial charge in [0.05, 0.1) is 6.61 Å². The molecule has 0 radical (unpaired) electrons. The quantitative estimate of drug-likeness (QED) is 0.518. The maximum Gasteiger partial charge on any atom is 0.150 e. The molecule has 0 N–H and O–H groups in total. The van der Waals surface area contributed by atoms with Crippen LogP contribution in [0.1, 0.15) is 40.9 Å². The molecule has 128 valence electrons. The number of aryl methyl sites for hydroxylation is 2. The lowest BCUT2D eigenvalue weighted by Gasteiger charge is -2.17. The highest BCUT2D eigenvalue weighted by Crippen LogP contribution is 2.34. The van der Waals surface area contributed by atoms with Gasteiger partial charge in [-0.25, -0.2) is 0 Å². The van der Waals surface area contributed by atoms with Crippen molar-refractivity contribution in [2.75, 3.05) is 19.8 Å². The molecule has 3 heteroatoms. The number of benzene rings is 2. The molecule has 0 aliphatic rings. The van der Waals surface area contributed by atoms with Crippen LogP contribution in [0.4, 0.5) is 0 Å². The number of aldehydes is 1. The van der Waals surface area contributed by atoms with Crippen LogP contribution in [0.3, 0.4) is 0 Å². The third-order valence-electron chi connectivity index (χ3n) is 4.17. The van der Waals surface area contributed by atoms with E-state index >= 15 is 0 Å². The summed E-state index contributed by atoms with van der Waals surface area (Å²) in [6, 6.07) is 10.0. The van der Waals surface area contributed by atoms with Gasteiger partial charge in [0.2, 0.25) is 0 Å². The number of hydrogen-bond donors (Lipinski definition) is 0. The lowest BCUT2D eigenvalue weighted by molar-refractivity contribution is 0.110. The van der Waals surface area contributed by atoms with Crippen LogP contribution in [-0.2, 0) is 11.2 Å². The van der Waals surface area contributed by atoms with E-state index in [1.807, 2.05) is 19.1 Å². The van der Waals surface area contributed by atoms with Crippen molar-refractivity contribution in [1.82, 2.24) is 0 Å². The van der Waals surface area contributed by atoms with Crippen molar-refractivity contribution in [3.8, 4) is 16.9 Å². The molecule has 0 spiro atoms. The van der Waals surface area contributed by atoms with Gasteiger partial charge in [0.25, 0.3) is 0 Å². The Hall–Kier alpha value is -2.13. The molecule has 0 aliphatic carbocycles. The minimum Gasteiger partial charge on any atom is -0.491 e. The number of ether oxygens (including phenoxy) is 2. The molecule has 24 heavy (non-hydrogen) atoms. The summed E-state index contributed by atoms with van der Waals surface area (Å²) >= 11 is 0. The Bertz CT molecular complexity index is 681. The smallest absolute Gasteiger partial charge is 0.150 e. The topological polar surface area (TPSA) is 35.5 Å². The van der Waals surface area contributed by atoms with E-state index in [2.05, 4.69) is 39.0 Å². The summed E-state index contributed by atoms with van der Waals surface area (Å²) in [6.07, 6.45) is 1.77. The molecule has 0 amide bonds. The highest BCUT2D eigenvalue weighted by Gasteiger charge is 2.13. The molecule has 0 aliphatic heterocycles. The standard InChI is InChI=1S/C21H26O3/c1-5-19-17(14-22)8-7-9-20(19)21-15(3)12-18(13-16(21)4)24-11-10-23-6-2/h7-9,12-14H,5-6,10-11H2,1-4H3. The summed E-state index contributed by atoms with van der Waals surface area (Å²) in [5.74, 6) is 0.859. The number of carbonyl (C=O) groups excluding carboxylic acids is 1. The normalized spacial score (nSPS) is 10.7. The Kier molecular flexibility index (Phi) is 6.56. The largest absolute Gasteiger partial charge is 0.491 e. The first-order chi connectivity index (χ1) is 11.6. The van der Waals surface area contributed by atoms with Gasteiger partial charge in [-0.1, -0.05) is 25.1 Å². The molecule has 0 saturated heterocycles. The van der Waals surface area contributed by atoms with Crippen LogP contribution in [0, 0.1) is 13.8 Å². The van der Waals surface area contributed by atoms with Gasteiger partial charge in [-0.15, -0.1) is 0 Å². The van der Waals surface area contributed by atoms with E-state index in [9.17, 15) is 4.79 Å². The number of hydrogen-bond acceptors (Lipinski definition) is 3. The predicted molar refractivity (Wildman–Crippen MR) is 98.1 cm³/mol. The lowest BCUT2D eigenvalue weighted by Crippen LogP contribution is -2.07. The molecule has 2 aromatic carbocycles. The molecule has 0 fully saturated rings. The van der Waals surface area contributed by atoms with Crippen LogP contribution in [-0.4, -0.2) is 26.1 Å². The van der Waals surface area contributed by atoms with Crippen molar-refractivity contribution in [2.24, 2.45) is 0 Å². The Morgan fingerprint density at radius 3 is 2.33 bits per heavy atom. The zero-order chi connectivity index (χ0) is 17.5. The van der Waals surface area contributed by atoms with E-state index in [0.29, 0.717) is 19.8 Å².